The zero-order valence-corrected chi connectivity index (χ0v) is 16.9. The van der Waals surface area contributed by atoms with E-state index in [1.165, 1.54) is 4.80 Å². The molecule has 0 saturated carbocycles. The number of benzene rings is 2. The number of aromatic nitrogens is 4. The van der Waals surface area contributed by atoms with E-state index in [0.717, 1.165) is 11.3 Å². The third-order valence-electron chi connectivity index (χ3n) is 4.26. The fourth-order valence-electron chi connectivity index (χ4n) is 2.84. The van der Waals surface area contributed by atoms with Crippen molar-refractivity contribution in [1.29, 1.82) is 0 Å². The zero-order chi connectivity index (χ0) is 20.9. The lowest BCUT2D eigenvalue weighted by Crippen LogP contribution is -2.21. The fraction of sp³-hybridized carbons (Fsp3) is 0.333. The molecule has 0 fully saturated rings. The van der Waals surface area contributed by atoms with Gasteiger partial charge in [-0.25, -0.2) is 0 Å². The minimum Gasteiger partial charge on any atom is -0.493 e. The average Bonchev–Trinajstić information content (AvgIpc) is 3.20. The van der Waals surface area contributed by atoms with Crippen LogP contribution in [0, 0.1) is 5.92 Å². The van der Waals surface area contributed by atoms with Crippen molar-refractivity contribution in [2.75, 3.05) is 25.1 Å². The average molecular weight is 409 g/mol. The maximum atomic E-state index is 12.3. The van der Waals surface area contributed by atoms with Crippen molar-refractivity contribution in [1.82, 2.24) is 20.2 Å². The van der Waals surface area contributed by atoms with Gasteiger partial charge in [0.25, 0.3) is 0 Å². The molecular weight excluding hydrogens is 386 g/mol. The molecule has 1 aliphatic rings. The quantitative estimate of drug-likeness (QED) is 0.640. The van der Waals surface area contributed by atoms with Gasteiger partial charge in [0.15, 0.2) is 11.5 Å². The number of hydrogen-bond acceptors (Lipinski definition) is 7. The summed E-state index contributed by atoms with van der Waals surface area (Å²) in [6.07, 6.45) is 0. The van der Waals surface area contributed by atoms with E-state index in [4.69, 9.17) is 14.2 Å². The van der Waals surface area contributed by atoms with Gasteiger partial charge in [-0.15, -0.1) is 10.2 Å². The fourth-order valence-corrected chi connectivity index (χ4v) is 2.84. The highest BCUT2D eigenvalue weighted by molar-refractivity contribution is 5.90. The molecule has 3 aromatic rings. The number of amides is 1. The normalized spacial score (nSPS) is 12.6. The number of hydrogen-bond donors (Lipinski definition) is 1. The van der Waals surface area contributed by atoms with Gasteiger partial charge in [-0.3, -0.25) is 4.79 Å². The van der Waals surface area contributed by atoms with Gasteiger partial charge in [0.05, 0.1) is 6.61 Å². The molecule has 0 bridgehead atoms. The summed E-state index contributed by atoms with van der Waals surface area (Å²) < 4.78 is 16.7. The number of fused-ring (bicyclic) bond motifs is 1. The Hall–Kier alpha value is -3.62. The van der Waals surface area contributed by atoms with Gasteiger partial charge in [-0.1, -0.05) is 13.8 Å². The van der Waals surface area contributed by atoms with Crippen LogP contribution in [0.1, 0.15) is 13.8 Å². The molecule has 0 radical (unpaired) electrons. The first-order valence-electron chi connectivity index (χ1n) is 9.77. The highest BCUT2D eigenvalue weighted by Gasteiger charge is 2.14. The summed E-state index contributed by atoms with van der Waals surface area (Å²) in [5.74, 6) is 2.70. The summed E-state index contributed by atoms with van der Waals surface area (Å²) in [5, 5.41) is 15.1. The molecule has 1 amide bonds. The van der Waals surface area contributed by atoms with E-state index < -0.39 is 0 Å². The van der Waals surface area contributed by atoms with Gasteiger partial charge in [0, 0.05) is 17.3 Å². The monoisotopic (exact) mass is 409 g/mol. The third kappa shape index (κ3) is 4.86. The largest absolute Gasteiger partial charge is 0.493 e. The van der Waals surface area contributed by atoms with Gasteiger partial charge in [-0.05, 0) is 47.5 Å². The van der Waals surface area contributed by atoms with Gasteiger partial charge in [-0.2, -0.15) is 4.80 Å². The predicted octanol–water partition coefficient (Wildman–Crippen LogP) is 2.78. The van der Waals surface area contributed by atoms with Crippen LogP contribution in [0.3, 0.4) is 0 Å². The molecule has 1 N–H and O–H groups in total. The summed E-state index contributed by atoms with van der Waals surface area (Å²) in [6.45, 7) is 5.80. The van der Waals surface area contributed by atoms with Gasteiger partial charge in [0.2, 0.25) is 11.7 Å². The van der Waals surface area contributed by atoms with Crippen molar-refractivity contribution < 1.29 is 19.0 Å². The minimum atomic E-state index is -0.270. The Bertz CT molecular complexity index is 1020. The van der Waals surface area contributed by atoms with Crippen molar-refractivity contribution in [3.05, 3.63) is 42.5 Å². The molecule has 0 atom stereocenters. The van der Waals surface area contributed by atoms with Crippen molar-refractivity contribution in [3.63, 3.8) is 0 Å². The van der Waals surface area contributed by atoms with Crippen LogP contribution in [0.25, 0.3) is 11.4 Å². The van der Waals surface area contributed by atoms with E-state index >= 15 is 0 Å². The second-order valence-corrected chi connectivity index (χ2v) is 7.28. The molecule has 0 spiro atoms. The highest BCUT2D eigenvalue weighted by Crippen LogP contribution is 2.32. The van der Waals surface area contributed by atoms with Crippen molar-refractivity contribution in [3.8, 4) is 28.6 Å². The molecule has 1 aliphatic heterocycles. The van der Waals surface area contributed by atoms with E-state index in [2.05, 4.69) is 34.6 Å². The predicted molar refractivity (Wildman–Crippen MR) is 110 cm³/mol. The Morgan fingerprint density at radius 2 is 1.90 bits per heavy atom. The third-order valence-corrected chi connectivity index (χ3v) is 4.26. The molecule has 2 heterocycles. The van der Waals surface area contributed by atoms with Crippen LogP contribution >= 0.6 is 0 Å². The second kappa shape index (κ2) is 8.81. The number of anilines is 1. The lowest BCUT2D eigenvalue weighted by Gasteiger charge is -2.18. The second-order valence-electron chi connectivity index (χ2n) is 7.28. The van der Waals surface area contributed by atoms with E-state index in [9.17, 15) is 4.79 Å². The molecule has 156 valence electrons. The van der Waals surface area contributed by atoms with Gasteiger partial charge in [0.1, 0.15) is 25.5 Å². The molecule has 0 saturated heterocycles. The number of carbonyl (C=O) groups excluding carboxylic acids is 1. The summed E-state index contributed by atoms with van der Waals surface area (Å²) in [4.78, 5) is 13.6. The molecule has 0 aliphatic carbocycles. The molecule has 1 aromatic heterocycles. The first-order chi connectivity index (χ1) is 14.6. The Labute approximate surface area is 173 Å². The first kappa shape index (κ1) is 19.7. The van der Waals surface area contributed by atoms with E-state index in [1.54, 1.807) is 18.2 Å². The van der Waals surface area contributed by atoms with Gasteiger partial charge < -0.3 is 19.5 Å². The number of carbonyl (C=O) groups is 1. The molecule has 9 nitrogen and oxygen atoms in total. The maximum absolute atomic E-state index is 12.3. The molecule has 30 heavy (non-hydrogen) atoms. The van der Waals surface area contributed by atoms with Crippen molar-refractivity contribution >= 4 is 11.6 Å². The molecule has 4 rings (SSSR count). The van der Waals surface area contributed by atoms with E-state index in [0.29, 0.717) is 48.7 Å². The molecule has 0 unspecified atom stereocenters. The Morgan fingerprint density at radius 3 is 2.67 bits per heavy atom. The number of nitrogens with zero attached hydrogens (tertiary/aromatic N) is 4. The first-order valence-corrected chi connectivity index (χ1v) is 9.77. The number of rotatable bonds is 7. The number of ether oxygens (including phenoxy) is 3. The molecule has 2 aromatic carbocycles. The zero-order valence-electron chi connectivity index (χ0n) is 16.9. The van der Waals surface area contributed by atoms with Crippen LogP contribution in [-0.4, -0.2) is 45.9 Å². The topological polar surface area (TPSA) is 100 Å². The maximum Gasteiger partial charge on any atom is 0.248 e. The summed E-state index contributed by atoms with van der Waals surface area (Å²) in [7, 11) is 0. The lowest BCUT2D eigenvalue weighted by molar-refractivity contribution is -0.117. The van der Waals surface area contributed by atoms with Crippen LogP contribution in [0.5, 0.6) is 17.2 Å². The van der Waals surface area contributed by atoms with Crippen LogP contribution in [0.15, 0.2) is 42.5 Å². The van der Waals surface area contributed by atoms with Crippen LogP contribution < -0.4 is 19.5 Å². The van der Waals surface area contributed by atoms with E-state index in [1.807, 2.05) is 24.3 Å². The van der Waals surface area contributed by atoms with Crippen LogP contribution in [-0.2, 0) is 11.3 Å². The number of nitrogens with one attached hydrogen (secondary N) is 1. The molecule has 9 heteroatoms. The Kier molecular flexibility index (Phi) is 5.78. The summed E-state index contributed by atoms with van der Waals surface area (Å²) in [6, 6.07) is 12.7. The SMILES string of the molecule is CC(C)COc1ccc(-c2nnn(CC(=O)Nc3ccc4c(c3)OCCO4)n2)cc1. The van der Waals surface area contributed by atoms with Crippen LogP contribution in [0.2, 0.25) is 0 Å². The van der Waals surface area contributed by atoms with Crippen molar-refractivity contribution in [2.24, 2.45) is 5.92 Å². The Balaban J connectivity index is 1.35. The van der Waals surface area contributed by atoms with Crippen molar-refractivity contribution in [2.45, 2.75) is 20.4 Å². The highest BCUT2D eigenvalue weighted by atomic mass is 16.6. The lowest BCUT2D eigenvalue weighted by atomic mass is 10.2. The Morgan fingerprint density at radius 1 is 1.13 bits per heavy atom. The summed E-state index contributed by atoms with van der Waals surface area (Å²) in [5.41, 5.74) is 1.41. The molecular formula is C21H23N5O4. The van der Waals surface area contributed by atoms with Gasteiger partial charge >= 0.3 is 0 Å². The van der Waals surface area contributed by atoms with E-state index in [-0.39, 0.29) is 12.5 Å². The van der Waals surface area contributed by atoms with Crippen LogP contribution in [0.4, 0.5) is 5.69 Å². The smallest absolute Gasteiger partial charge is 0.248 e. The summed E-state index contributed by atoms with van der Waals surface area (Å²) >= 11 is 0. The standard InChI is InChI=1S/C21H23N5O4/c1-14(2)13-30-17-6-3-15(4-7-17)21-23-25-26(24-21)12-20(27)22-16-5-8-18-19(11-16)29-10-9-28-18/h3-8,11,14H,9-10,12-13H2,1-2H3,(H,22,27). The number of tetrazole rings is 1. The minimum absolute atomic E-state index is 0.0585.